The Kier molecular flexibility index (Phi) is 4.59. The molecule has 0 bridgehead atoms. The summed E-state index contributed by atoms with van der Waals surface area (Å²) in [6.07, 6.45) is 2.86. The van der Waals surface area contributed by atoms with Gasteiger partial charge in [-0.15, -0.1) is 0 Å². The van der Waals surface area contributed by atoms with Crippen LogP contribution in [-0.2, 0) is 6.42 Å². The third kappa shape index (κ3) is 2.85. The quantitative estimate of drug-likeness (QED) is 0.437. The molecule has 0 aliphatic heterocycles. The number of hydrogen-bond donors (Lipinski definition) is 2. The van der Waals surface area contributed by atoms with Gasteiger partial charge in [0.1, 0.15) is 5.75 Å². The minimum Gasteiger partial charge on any atom is -0.508 e. The van der Waals surface area contributed by atoms with Crippen LogP contribution >= 0.6 is 12.2 Å². The number of H-pyrrole nitrogens is 1. The smallest absolute Gasteiger partial charge is 0.200 e. The van der Waals surface area contributed by atoms with Crippen LogP contribution in [0.15, 0.2) is 42.6 Å². The fourth-order valence-electron chi connectivity index (χ4n) is 3.78. The summed E-state index contributed by atoms with van der Waals surface area (Å²) in [5, 5.41) is 18.8. The van der Waals surface area contributed by atoms with Gasteiger partial charge in [0.15, 0.2) is 10.6 Å². The first-order chi connectivity index (χ1) is 13.4. The molecular formula is C22H24N4OS. The highest BCUT2D eigenvalue weighted by atomic mass is 32.1. The molecule has 2 aromatic carbocycles. The number of aromatic amines is 1. The average molecular weight is 393 g/mol. The van der Waals surface area contributed by atoms with Crippen LogP contribution in [-0.4, -0.2) is 24.4 Å². The predicted octanol–water partition coefficient (Wildman–Crippen LogP) is 5.71. The first kappa shape index (κ1) is 18.5. The molecule has 0 fully saturated rings. The Balaban J connectivity index is 2.00. The summed E-state index contributed by atoms with van der Waals surface area (Å²) in [6, 6.07) is 12.6. The summed E-state index contributed by atoms with van der Waals surface area (Å²) >= 11 is 5.60. The van der Waals surface area contributed by atoms with Gasteiger partial charge in [0, 0.05) is 23.2 Å². The number of aromatic nitrogens is 4. The van der Waals surface area contributed by atoms with Crippen molar-refractivity contribution >= 4 is 23.1 Å². The molecule has 6 heteroatoms. The second-order valence-electron chi connectivity index (χ2n) is 7.36. The molecule has 2 N–H and O–H groups in total. The number of aromatic hydroxyl groups is 1. The van der Waals surface area contributed by atoms with Gasteiger partial charge in [-0.2, -0.15) is 5.10 Å². The summed E-state index contributed by atoms with van der Waals surface area (Å²) in [7, 11) is 0. The van der Waals surface area contributed by atoms with Crippen LogP contribution in [0.5, 0.6) is 5.75 Å². The van der Waals surface area contributed by atoms with Crippen molar-refractivity contribution in [1.29, 1.82) is 0 Å². The van der Waals surface area contributed by atoms with E-state index in [1.165, 1.54) is 5.52 Å². The normalized spacial score (nSPS) is 11.6. The van der Waals surface area contributed by atoms with Gasteiger partial charge in [0.2, 0.25) is 0 Å². The van der Waals surface area contributed by atoms with Crippen molar-refractivity contribution < 1.29 is 5.11 Å². The number of rotatable bonds is 4. The van der Waals surface area contributed by atoms with E-state index in [2.05, 4.69) is 59.1 Å². The zero-order valence-electron chi connectivity index (χ0n) is 16.5. The van der Waals surface area contributed by atoms with E-state index < -0.39 is 0 Å². The van der Waals surface area contributed by atoms with Crippen LogP contribution in [0.1, 0.15) is 37.9 Å². The van der Waals surface area contributed by atoms with Gasteiger partial charge in [-0.05, 0) is 80.9 Å². The van der Waals surface area contributed by atoms with Crippen molar-refractivity contribution in [2.45, 2.75) is 40.2 Å². The van der Waals surface area contributed by atoms with Crippen LogP contribution in [0.2, 0.25) is 0 Å². The zero-order chi connectivity index (χ0) is 20.0. The summed E-state index contributed by atoms with van der Waals surface area (Å²) in [6.45, 7) is 8.35. The molecular weight excluding hydrogens is 368 g/mol. The lowest BCUT2D eigenvalue weighted by Gasteiger charge is -2.14. The van der Waals surface area contributed by atoms with Crippen LogP contribution < -0.4 is 0 Å². The zero-order valence-corrected chi connectivity index (χ0v) is 17.3. The van der Waals surface area contributed by atoms with E-state index in [9.17, 15) is 5.11 Å². The lowest BCUT2D eigenvalue weighted by molar-refractivity contribution is 0.468. The van der Waals surface area contributed by atoms with Gasteiger partial charge in [0.05, 0.1) is 11.2 Å². The fourth-order valence-corrected chi connectivity index (χ4v) is 4.01. The molecule has 4 rings (SSSR count). The van der Waals surface area contributed by atoms with Crippen molar-refractivity contribution in [3.05, 3.63) is 58.5 Å². The highest BCUT2D eigenvalue weighted by Crippen LogP contribution is 2.33. The summed E-state index contributed by atoms with van der Waals surface area (Å²) in [4.78, 5) is 0. The van der Waals surface area contributed by atoms with Crippen molar-refractivity contribution in [3.63, 3.8) is 0 Å². The molecule has 0 radical (unpaired) electrons. The standard InChI is InChI=1S/C22H24N4OS/c1-5-15-12-17(14(4)11-20(15)27)21-23-24-22(28)26(21)19-8-6-7-18-16(19)9-10-25(18)13(2)3/h6-13,27H,5H2,1-4H3,(H,24,28). The van der Waals surface area contributed by atoms with E-state index in [-0.39, 0.29) is 0 Å². The molecule has 28 heavy (non-hydrogen) atoms. The number of hydrogen-bond acceptors (Lipinski definition) is 3. The Morgan fingerprint density at radius 1 is 1.21 bits per heavy atom. The molecule has 0 aliphatic carbocycles. The maximum atomic E-state index is 10.2. The maximum Gasteiger partial charge on any atom is 0.200 e. The number of nitrogens with one attached hydrogen (secondary N) is 1. The second kappa shape index (κ2) is 6.95. The molecule has 2 heterocycles. The first-order valence-electron chi connectivity index (χ1n) is 9.52. The van der Waals surface area contributed by atoms with Gasteiger partial charge in [0.25, 0.3) is 0 Å². The Hall–Kier alpha value is -2.86. The lowest BCUT2D eigenvalue weighted by Crippen LogP contribution is -2.02. The van der Waals surface area contributed by atoms with Gasteiger partial charge in [-0.1, -0.05) is 13.0 Å². The van der Waals surface area contributed by atoms with Crippen LogP contribution in [0.25, 0.3) is 28.0 Å². The highest BCUT2D eigenvalue weighted by molar-refractivity contribution is 7.71. The van der Waals surface area contributed by atoms with E-state index in [1.807, 2.05) is 24.5 Å². The van der Waals surface area contributed by atoms with E-state index in [4.69, 9.17) is 12.2 Å². The number of aryl methyl sites for hydroxylation is 2. The SMILES string of the molecule is CCc1cc(-c2n[nH]c(=S)n2-c2cccc3c2ccn3C(C)C)c(C)cc1O. The number of nitrogens with zero attached hydrogens (tertiary/aromatic N) is 3. The second-order valence-corrected chi connectivity index (χ2v) is 7.75. The molecule has 0 amide bonds. The highest BCUT2D eigenvalue weighted by Gasteiger charge is 2.18. The third-order valence-electron chi connectivity index (χ3n) is 5.26. The molecule has 0 saturated heterocycles. The molecule has 0 saturated carbocycles. The van der Waals surface area contributed by atoms with Crippen LogP contribution in [0.4, 0.5) is 0 Å². The Morgan fingerprint density at radius 2 is 2.00 bits per heavy atom. The summed E-state index contributed by atoms with van der Waals surface area (Å²) < 4.78 is 4.79. The molecule has 0 aliphatic rings. The largest absolute Gasteiger partial charge is 0.508 e. The van der Waals surface area contributed by atoms with Crippen molar-refractivity contribution in [1.82, 2.24) is 19.3 Å². The van der Waals surface area contributed by atoms with E-state index in [1.54, 1.807) is 6.07 Å². The third-order valence-corrected chi connectivity index (χ3v) is 5.53. The molecule has 0 unspecified atom stereocenters. The number of phenolic OH excluding ortho intramolecular Hbond substituents is 1. The molecule has 0 spiro atoms. The molecule has 5 nitrogen and oxygen atoms in total. The van der Waals surface area contributed by atoms with Gasteiger partial charge in [-0.25, -0.2) is 0 Å². The molecule has 4 aromatic rings. The summed E-state index contributed by atoms with van der Waals surface area (Å²) in [5.41, 5.74) is 4.97. The Bertz CT molecular complexity index is 1230. The van der Waals surface area contributed by atoms with Crippen molar-refractivity contribution in [2.75, 3.05) is 0 Å². The number of benzene rings is 2. The average Bonchev–Trinajstić information content (AvgIpc) is 3.25. The number of fused-ring (bicyclic) bond motifs is 1. The minimum atomic E-state index is 0.320. The maximum absolute atomic E-state index is 10.2. The van der Waals surface area contributed by atoms with E-state index in [0.717, 1.165) is 40.0 Å². The Labute approximate surface area is 169 Å². The van der Waals surface area contributed by atoms with Crippen LogP contribution in [0, 0.1) is 11.7 Å². The Morgan fingerprint density at radius 3 is 2.71 bits per heavy atom. The van der Waals surface area contributed by atoms with Gasteiger partial charge in [-0.3, -0.25) is 9.67 Å². The van der Waals surface area contributed by atoms with E-state index >= 15 is 0 Å². The number of phenols is 1. The molecule has 144 valence electrons. The van der Waals surface area contributed by atoms with Crippen LogP contribution in [0.3, 0.4) is 0 Å². The molecule has 2 aromatic heterocycles. The summed E-state index contributed by atoms with van der Waals surface area (Å²) in [5.74, 6) is 1.07. The monoisotopic (exact) mass is 392 g/mol. The fraction of sp³-hybridized carbons (Fsp3) is 0.273. The topological polar surface area (TPSA) is 58.8 Å². The van der Waals surface area contributed by atoms with E-state index in [0.29, 0.717) is 16.6 Å². The van der Waals surface area contributed by atoms with Crippen molar-refractivity contribution in [2.24, 2.45) is 0 Å². The van der Waals surface area contributed by atoms with Gasteiger partial charge < -0.3 is 9.67 Å². The van der Waals surface area contributed by atoms with Crippen molar-refractivity contribution in [3.8, 4) is 22.8 Å². The predicted molar refractivity (Wildman–Crippen MR) is 116 cm³/mol. The van der Waals surface area contributed by atoms with Gasteiger partial charge >= 0.3 is 0 Å². The first-order valence-corrected chi connectivity index (χ1v) is 9.93. The molecule has 0 atom stereocenters. The lowest BCUT2D eigenvalue weighted by atomic mass is 10.0. The minimum absolute atomic E-state index is 0.320.